The van der Waals surface area contributed by atoms with E-state index < -0.39 is 0 Å². The summed E-state index contributed by atoms with van der Waals surface area (Å²) in [5.74, 6) is 2.14. The maximum Gasteiger partial charge on any atom is 0.128 e. The highest BCUT2D eigenvalue weighted by atomic mass is 16.5. The summed E-state index contributed by atoms with van der Waals surface area (Å²) in [5, 5.41) is 0. The Morgan fingerprint density at radius 1 is 1.09 bits per heavy atom. The standard InChI is InChI=1S/C18H23N3O2/c1-22-16-11-14(15-6-5-7-18(19)20-15)17(23-2)10-13(16)12-21-8-3-4-9-21/h5-7,10-11H,3-4,8-9,12H2,1-2H3,(H2,19,20). The molecule has 5 heteroatoms. The van der Waals surface area contributed by atoms with Crippen molar-refractivity contribution in [2.75, 3.05) is 33.0 Å². The van der Waals surface area contributed by atoms with Gasteiger partial charge in [0.1, 0.15) is 17.3 Å². The van der Waals surface area contributed by atoms with Gasteiger partial charge in [0, 0.05) is 17.7 Å². The van der Waals surface area contributed by atoms with Crippen molar-refractivity contribution in [1.29, 1.82) is 0 Å². The largest absolute Gasteiger partial charge is 0.496 e. The van der Waals surface area contributed by atoms with Crippen LogP contribution in [-0.2, 0) is 6.54 Å². The van der Waals surface area contributed by atoms with Crippen LogP contribution in [0.15, 0.2) is 30.3 Å². The van der Waals surface area contributed by atoms with Crippen LogP contribution >= 0.6 is 0 Å². The number of methoxy groups -OCH3 is 2. The fourth-order valence-electron chi connectivity index (χ4n) is 3.07. The first kappa shape index (κ1) is 15.6. The summed E-state index contributed by atoms with van der Waals surface area (Å²) in [4.78, 5) is 6.83. The summed E-state index contributed by atoms with van der Waals surface area (Å²) in [7, 11) is 3.38. The number of aromatic nitrogens is 1. The van der Waals surface area contributed by atoms with Crippen LogP contribution in [0.1, 0.15) is 18.4 Å². The molecule has 1 saturated heterocycles. The van der Waals surface area contributed by atoms with Crippen molar-refractivity contribution in [3.05, 3.63) is 35.9 Å². The van der Waals surface area contributed by atoms with Crippen molar-refractivity contribution < 1.29 is 9.47 Å². The van der Waals surface area contributed by atoms with Crippen LogP contribution in [-0.4, -0.2) is 37.2 Å². The first-order chi connectivity index (χ1) is 11.2. The van der Waals surface area contributed by atoms with Crippen LogP contribution in [0.3, 0.4) is 0 Å². The van der Waals surface area contributed by atoms with E-state index in [-0.39, 0.29) is 0 Å². The molecule has 2 N–H and O–H groups in total. The molecule has 0 saturated carbocycles. The van der Waals surface area contributed by atoms with E-state index in [1.807, 2.05) is 18.2 Å². The Labute approximate surface area is 137 Å². The van der Waals surface area contributed by atoms with E-state index in [2.05, 4.69) is 16.0 Å². The molecule has 3 rings (SSSR count). The summed E-state index contributed by atoms with van der Waals surface area (Å²) in [6.45, 7) is 3.16. The van der Waals surface area contributed by atoms with Gasteiger partial charge in [0.05, 0.1) is 19.9 Å². The lowest BCUT2D eigenvalue weighted by Crippen LogP contribution is -2.18. The molecule has 1 aliphatic heterocycles. The average Bonchev–Trinajstić information content (AvgIpc) is 3.07. The molecule has 0 spiro atoms. The molecule has 0 aliphatic carbocycles. The molecule has 2 aromatic rings. The van der Waals surface area contributed by atoms with E-state index in [0.29, 0.717) is 5.82 Å². The number of hydrogen-bond acceptors (Lipinski definition) is 5. The number of nitrogens with zero attached hydrogens (tertiary/aromatic N) is 2. The molecule has 2 heterocycles. The molecule has 0 atom stereocenters. The molecular weight excluding hydrogens is 290 g/mol. The van der Waals surface area contributed by atoms with Crippen LogP contribution in [0.5, 0.6) is 11.5 Å². The van der Waals surface area contributed by atoms with Crippen LogP contribution in [0.4, 0.5) is 5.82 Å². The summed E-state index contributed by atoms with van der Waals surface area (Å²) in [6.07, 6.45) is 2.54. The van der Waals surface area contributed by atoms with Gasteiger partial charge in [-0.2, -0.15) is 0 Å². The monoisotopic (exact) mass is 313 g/mol. The van der Waals surface area contributed by atoms with E-state index in [9.17, 15) is 0 Å². The number of pyridine rings is 1. The first-order valence-electron chi connectivity index (χ1n) is 7.91. The highest BCUT2D eigenvalue weighted by Gasteiger charge is 2.18. The van der Waals surface area contributed by atoms with Gasteiger partial charge >= 0.3 is 0 Å². The van der Waals surface area contributed by atoms with Crippen molar-refractivity contribution >= 4 is 5.82 Å². The lowest BCUT2D eigenvalue weighted by molar-refractivity contribution is 0.319. The van der Waals surface area contributed by atoms with Gasteiger partial charge in [-0.3, -0.25) is 4.90 Å². The van der Waals surface area contributed by atoms with Gasteiger partial charge in [-0.1, -0.05) is 6.07 Å². The maximum atomic E-state index is 5.81. The van der Waals surface area contributed by atoms with Crippen LogP contribution in [0, 0.1) is 0 Å². The summed E-state index contributed by atoms with van der Waals surface area (Å²) < 4.78 is 11.2. The molecule has 0 unspecified atom stereocenters. The smallest absolute Gasteiger partial charge is 0.128 e. The van der Waals surface area contributed by atoms with Gasteiger partial charge in [-0.05, 0) is 50.2 Å². The fraction of sp³-hybridized carbons (Fsp3) is 0.389. The summed E-state index contributed by atoms with van der Waals surface area (Å²) >= 11 is 0. The lowest BCUT2D eigenvalue weighted by atomic mass is 10.0. The van der Waals surface area contributed by atoms with Crippen molar-refractivity contribution in [3.8, 4) is 22.8 Å². The molecule has 1 fully saturated rings. The first-order valence-corrected chi connectivity index (χ1v) is 7.91. The van der Waals surface area contributed by atoms with Gasteiger partial charge in [-0.25, -0.2) is 4.98 Å². The third-order valence-electron chi connectivity index (χ3n) is 4.24. The molecule has 122 valence electrons. The molecule has 0 radical (unpaired) electrons. The van der Waals surface area contributed by atoms with E-state index in [1.54, 1.807) is 20.3 Å². The van der Waals surface area contributed by atoms with Gasteiger partial charge in [0.25, 0.3) is 0 Å². The lowest BCUT2D eigenvalue weighted by Gasteiger charge is -2.19. The molecule has 0 amide bonds. The zero-order valence-electron chi connectivity index (χ0n) is 13.7. The number of nitrogen functional groups attached to an aromatic ring is 1. The number of ether oxygens (including phenoxy) is 2. The van der Waals surface area contributed by atoms with Crippen molar-refractivity contribution in [3.63, 3.8) is 0 Å². The third kappa shape index (κ3) is 3.40. The minimum absolute atomic E-state index is 0.490. The quantitative estimate of drug-likeness (QED) is 0.919. The van der Waals surface area contributed by atoms with Crippen LogP contribution in [0.2, 0.25) is 0 Å². The summed E-state index contributed by atoms with van der Waals surface area (Å²) in [5.41, 5.74) is 8.62. The number of likely N-dealkylation sites (tertiary alicyclic amines) is 1. The van der Waals surface area contributed by atoms with Crippen molar-refractivity contribution in [2.45, 2.75) is 19.4 Å². The zero-order valence-corrected chi connectivity index (χ0v) is 13.7. The predicted octanol–water partition coefficient (Wildman–Crippen LogP) is 2.94. The molecule has 0 bridgehead atoms. The van der Waals surface area contributed by atoms with Crippen molar-refractivity contribution in [1.82, 2.24) is 9.88 Å². The number of nitrogens with two attached hydrogens (primary N) is 1. The van der Waals surface area contributed by atoms with E-state index in [0.717, 1.165) is 48.0 Å². The Hall–Kier alpha value is -2.27. The Morgan fingerprint density at radius 2 is 1.83 bits per heavy atom. The molecule has 1 aromatic carbocycles. The minimum atomic E-state index is 0.490. The highest BCUT2D eigenvalue weighted by Crippen LogP contribution is 2.36. The predicted molar refractivity (Wildman–Crippen MR) is 91.7 cm³/mol. The summed E-state index contributed by atoms with van der Waals surface area (Å²) in [6, 6.07) is 9.63. The molecule has 23 heavy (non-hydrogen) atoms. The zero-order chi connectivity index (χ0) is 16.2. The Kier molecular flexibility index (Phi) is 4.67. The van der Waals surface area contributed by atoms with E-state index in [4.69, 9.17) is 15.2 Å². The van der Waals surface area contributed by atoms with Gasteiger partial charge in [0.15, 0.2) is 0 Å². The van der Waals surface area contributed by atoms with Gasteiger partial charge in [-0.15, -0.1) is 0 Å². The Bertz CT molecular complexity index is 682. The number of anilines is 1. The van der Waals surface area contributed by atoms with E-state index >= 15 is 0 Å². The Balaban J connectivity index is 2.00. The second kappa shape index (κ2) is 6.87. The topological polar surface area (TPSA) is 60.6 Å². The van der Waals surface area contributed by atoms with Crippen LogP contribution < -0.4 is 15.2 Å². The molecule has 1 aliphatic rings. The van der Waals surface area contributed by atoms with Crippen molar-refractivity contribution in [2.24, 2.45) is 0 Å². The Morgan fingerprint density at radius 3 is 2.48 bits per heavy atom. The molecule has 5 nitrogen and oxygen atoms in total. The molecule has 1 aromatic heterocycles. The second-order valence-electron chi connectivity index (χ2n) is 5.80. The van der Waals surface area contributed by atoms with Crippen LogP contribution in [0.25, 0.3) is 11.3 Å². The molecular formula is C18H23N3O2. The third-order valence-corrected chi connectivity index (χ3v) is 4.24. The van der Waals surface area contributed by atoms with Gasteiger partial charge < -0.3 is 15.2 Å². The number of benzene rings is 1. The number of hydrogen-bond donors (Lipinski definition) is 1. The number of rotatable bonds is 5. The maximum absolute atomic E-state index is 5.81. The van der Waals surface area contributed by atoms with E-state index in [1.165, 1.54) is 12.8 Å². The van der Waals surface area contributed by atoms with Gasteiger partial charge in [0.2, 0.25) is 0 Å². The SMILES string of the molecule is COc1cc(-c2cccc(N)n2)c(OC)cc1CN1CCCC1. The second-order valence-corrected chi connectivity index (χ2v) is 5.80. The highest BCUT2D eigenvalue weighted by molar-refractivity contribution is 5.71. The normalized spacial score (nSPS) is 14.9. The average molecular weight is 313 g/mol. The minimum Gasteiger partial charge on any atom is -0.496 e. The fourth-order valence-corrected chi connectivity index (χ4v) is 3.07.